The Balaban J connectivity index is 1.79. The third kappa shape index (κ3) is 2.58. The largest absolute Gasteiger partial charge is 0.486 e. The van der Waals surface area contributed by atoms with Crippen molar-refractivity contribution < 1.29 is 14.3 Å². The number of carbonyl (C=O) groups is 1. The zero-order chi connectivity index (χ0) is 14.1. The van der Waals surface area contributed by atoms with Gasteiger partial charge in [0.15, 0.2) is 11.5 Å². The Morgan fingerprint density at radius 3 is 2.75 bits per heavy atom. The van der Waals surface area contributed by atoms with Crippen LogP contribution in [0.4, 0.5) is 0 Å². The van der Waals surface area contributed by atoms with E-state index in [9.17, 15) is 4.79 Å². The standard InChI is InChI=1S/C15H20N2O3/c1-10-6-12(16)9-17(8-10)15(18)11-2-3-13-14(7-11)20-5-4-19-13/h2-3,7,10,12H,4-6,8-9,16H2,1H3. The molecule has 0 radical (unpaired) electrons. The molecule has 108 valence electrons. The first-order valence-electron chi connectivity index (χ1n) is 7.08. The molecule has 2 unspecified atom stereocenters. The Hall–Kier alpha value is -1.75. The van der Waals surface area contributed by atoms with Gasteiger partial charge in [0.05, 0.1) is 0 Å². The molecule has 2 heterocycles. The summed E-state index contributed by atoms with van der Waals surface area (Å²) in [5.74, 6) is 1.82. The minimum absolute atomic E-state index is 0.0176. The zero-order valence-electron chi connectivity index (χ0n) is 11.7. The smallest absolute Gasteiger partial charge is 0.254 e. The first-order valence-corrected chi connectivity index (χ1v) is 7.08. The Kier molecular flexibility index (Phi) is 3.53. The average molecular weight is 276 g/mol. The third-order valence-corrected chi connectivity index (χ3v) is 3.77. The normalized spacial score (nSPS) is 25.4. The van der Waals surface area contributed by atoms with E-state index in [0.717, 1.165) is 13.0 Å². The first kappa shape index (κ1) is 13.2. The van der Waals surface area contributed by atoms with Gasteiger partial charge in [-0.3, -0.25) is 4.79 Å². The van der Waals surface area contributed by atoms with Crippen LogP contribution >= 0.6 is 0 Å². The maximum Gasteiger partial charge on any atom is 0.254 e. The van der Waals surface area contributed by atoms with Gasteiger partial charge >= 0.3 is 0 Å². The highest BCUT2D eigenvalue weighted by Crippen LogP contribution is 2.31. The monoisotopic (exact) mass is 276 g/mol. The van der Waals surface area contributed by atoms with Crippen molar-refractivity contribution in [1.29, 1.82) is 0 Å². The molecule has 0 aliphatic carbocycles. The molecular formula is C15H20N2O3. The minimum atomic E-state index is 0.0176. The Morgan fingerprint density at radius 2 is 2.00 bits per heavy atom. The summed E-state index contributed by atoms with van der Waals surface area (Å²) in [5, 5.41) is 0. The predicted molar refractivity (Wildman–Crippen MR) is 75.1 cm³/mol. The molecule has 1 aromatic rings. The second-order valence-corrected chi connectivity index (χ2v) is 5.67. The number of hydrogen-bond donors (Lipinski definition) is 1. The highest BCUT2D eigenvalue weighted by molar-refractivity contribution is 5.95. The number of carbonyl (C=O) groups excluding carboxylic acids is 1. The number of rotatable bonds is 1. The van der Waals surface area contributed by atoms with E-state index in [4.69, 9.17) is 15.2 Å². The highest BCUT2D eigenvalue weighted by atomic mass is 16.6. The van der Waals surface area contributed by atoms with Gasteiger partial charge in [-0.2, -0.15) is 0 Å². The molecule has 1 amide bonds. The van der Waals surface area contributed by atoms with Gasteiger partial charge in [-0.25, -0.2) is 0 Å². The fourth-order valence-electron chi connectivity index (χ4n) is 2.92. The maximum atomic E-state index is 12.6. The van der Waals surface area contributed by atoms with Gasteiger partial charge < -0.3 is 20.1 Å². The summed E-state index contributed by atoms with van der Waals surface area (Å²) in [7, 11) is 0. The second kappa shape index (κ2) is 5.32. The van der Waals surface area contributed by atoms with Crippen molar-refractivity contribution in [2.45, 2.75) is 19.4 Å². The van der Waals surface area contributed by atoms with Crippen molar-refractivity contribution in [2.24, 2.45) is 11.7 Å². The lowest BCUT2D eigenvalue weighted by Gasteiger charge is -2.35. The van der Waals surface area contributed by atoms with Crippen molar-refractivity contribution in [1.82, 2.24) is 4.90 Å². The summed E-state index contributed by atoms with van der Waals surface area (Å²) in [6.07, 6.45) is 0.977. The van der Waals surface area contributed by atoms with E-state index in [1.807, 2.05) is 4.90 Å². The first-order chi connectivity index (χ1) is 9.63. The molecular weight excluding hydrogens is 256 g/mol. The minimum Gasteiger partial charge on any atom is -0.486 e. The fraction of sp³-hybridized carbons (Fsp3) is 0.533. The van der Waals surface area contributed by atoms with Crippen LogP contribution in [-0.2, 0) is 0 Å². The van der Waals surface area contributed by atoms with Crippen LogP contribution in [0.3, 0.4) is 0 Å². The number of hydrogen-bond acceptors (Lipinski definition) is 4. The maximum absolute atomic E-state index is 12.6. The predicted octanol–water partition coefficient (Wildman–Crippen LogP) is 1.27. The molecule has 20 heavy (non-hydrogen) atoms. The van der Waals surface area contributed by atoms with E-state index in [1.54, 1.807) is 18.2 Å². The van der Waals surface area contributed by atoms with Gasteiger partial charge in [0.1, 0.15) is 13.2 Å². The Morgan fingerprint density at radius 1 is 1.25 bits per heavy atom. The number of nitrogens with two attached hydrogens (primary N) is 1. The van der Waals surface area contributed by atoms with E-state index in [2.05, 4.69) is 6.92 Å². The van der Waals surface area contributed by atoms with E-state index < -0.39 is 0 Å². The summed E-state index contributed by atoms with van der Waals surface area (Å²) in [6.45, 7) is 4.59. The Labute approximate surface area is 118 Å². The molecule has 1 saturated heterocycles. The quantitative estimate of drug-likeness (QED) is 0.839. The molecule has 0 aromatic heterocycles. The molecule has 1 aromatic carbocycles. The number of piperidine rings is 1. The van der Waals surface area contributed by atoms with Crippen LogP contribution in [0.1, 0.15) is 23.7 Å². The van der Waals surface area contributed by atoms with Gasteiger partial charge in [0, 0.05) is 24.7 Å². The van der Waals surface area contributed by atoms with Crippen LogP contribution in [0.15, 0.2) is 18.2 Å². The summed E-state index contributed by atoms with van der Waals surface area (Å²) in [5.41, 5.74) is 6.64. The molecule has 0 saturated carbocycles. The molecule has 3 rings (SSSR count). The molecule has 1 fully saturated rings. The Bertz CT molecular complexity index is 508. The van der Waals surface area contributed by atoms with Crippen molar-refractivity contribution in [3.05, 3.63) is 23.8 Å². The van der Waals surface area contributed by atoms with Crippen molar-refractivity contribution in [3.8, 4) is 11.5 Å². The molecule has 0 spiro atoms. The molecule has 2 aliphatic heterocycles. The lowest BCUT2D eigenvalue weighted by Crippen LogP contribution is -2.48. The van der Waals surface area contributed by atoms with Crippen LogP contribution in [0.5, 0.6) is 11.5 Å². The number of fused-ring (bicyclic) bond motifs is 1. The summed E-state index contributed by atoms with van der Waals surface area (Å²) >= 11 is 0. The van der Waals surface area contributed by atoms with Crippen molar-refractivity contribution in [2.75, 3.05) is 26.3 Å². The summed E-state index contributed by atoms with van der Waals surface area (Å²) < 4.78 is 11.0. The number of ether oxygens (including phenoxy) is 2. The SMILES string of the molecule is CC1CC(N)CN(C(=O)c2ccc3c(c2)OCCO3)C1. The number of benzene rings is 1. The van der Waals surface area contributed by atoms with E-state index >= 15 is 0 Å². The van der Waals surface area contributed by atoms with Gasteiger partial charge in [0.2, 0.25) is 0 Å². The van der Waals surface area contributed by atoms with E-state index in [0.29, 0.717) is 42.7 Å². The second-order valence-electron chi connectivity index (χ2n) is 5.67. The number of nitrogens with zero attached hydrogens (tertiary/aromatic N) is 1. The topological polar surface area (TPSA) is 64.8 Å². The highest BCUT2D eigenvalue weighted by Gasteiger charge is 2.27. The molecule has 2 aliphatic rings. The van der Waals surface area contributed by atoms with Crippen LogP contribution in [-0.4, -0.2) is 43.2 Å². The van der Waals surface area contributed by atoms with Crippen LogP contribution in [0, 0.1) is 5.92 Å². The van der Waals surface area contributed by atoms with Crippen molar-refractivity contribution in [3.63, 3.8) is 0 Å². The summed E-state index contributed by atoms with van der Waals surface area (Å²) in [6, 6.07) is 5.43. The fourth-order valence-corrected chi connectivity index (χ4v) is 2.92. The average Bonchev–Trinajstić information content (AvgIpc) is 2.45. The van der Waals surface area contributed by atoms with Gasteiger partial charge in [-0.15, -0.1) is 0 Å². The lowest BCUT2D eigenvalue weighted by atomic mass is 9.96. The van der Waals surface area contributed by atoms with Gasteiger partial charge in [-0.1, -0.05) is 6.92 Å². The van der Waals surface area contributed by atoms with E-state index in [1.165, 1.54) is 0 Å². The van der Waals surface area contributed by atoms with Crippen molar-refractivity contribution >= 4 is 5.91 Å². The number of amides is 1. The van der Waals surface area contributed by atoms with Crippen LogP contribution in [0.2, 0.25) is 0 Å². The molecule has 0 bridgehead atoms. The van der Waals surface area contributed by atoms with Gasteiger partial charge in [0.25, 0.3) is 5.91 Å². The third-order valence-electron chi connectivity index (χ3n) is 3.77. The molecule has 2 N–H and O–H groups in total. The molecule has 5 nitrogen and oxygen atoms in total. The van der Waals surface area contributed by atoms with Gasteiger partial charge in [-0.05, 0) is 30.5 Å². The lowest BCUT2D eigenvalue weighted by molar-refractivity contribution is 0.0660. The number of likely N-dealkylation sites (tertiary alicyclic amines) is 1. The molecule has 5 heteroatoms. The van der Waals surface area contributed by atoms with Crippen LogP contribution < -0.4 is 15.2 Å². The molecule has 2 atom stereocenters. The zero-order valence-corrected chi connectivity index (χ0v) is 11.7. The van der Waals surface area contributed by atoms with Crippen LogP contribution in [0.25, 0.3) is 0 Å². The summed E-state index contributed by atoms with van der Waals surface area (Å²) in [4.78, 5) is 14.4. The van der Waals surface area contributed by atoms with E-state index in [-0.39, 0.29) is 11.9 Å².